The lowest BCUT2D eigenvalue weighted by molar-refractivity contribution is -0.146. The molecule has 1 unspecified atom stereocenters. The molecule has 1 saturated heterocycles. The maximum Gasteiger partial charge on any atom is 0.337 e. The average molecular weight is 345 g/mol. The second-order valence-corrected chi connectivity index (χ2v) is 6.19. The van der Waals surface area contributed by atoms with Crippen LogP contribution in [0.4, 0.5) is 4.39 Å². The average Bonchev–Trinajstić information content (AvgIpc) is 2.65. The highest BCUT2D eigenvalue weighted by molar-refractivity contribution is 5.73. The smallest absolute Gasteiger partial charge is 0.337 e. The van der Waals surface area contributed by atoms with Crippen LogP contribution in [0.3, 0.4) is 0 Å². The highest BCUT2D eigenvalue weighted by atomic mass is 19.1. The van der Waals surface area contributed by atoms with Crippen molar-refractivity contribution >= 4 is 5.97 Å². The van der Waals surface area contributed by atoms with Gasteiger partial charge >= 0.3 is 5.97 Å². The molecule has 2 aromatic rings. The summed E-state index contributed by atoms with van der Waals surface area (Å²) in [4.78, 5) is 10.2. The van der Waals surface area contributed by atoms with Crippen LogP contribution in [0.25, 0.3) is 0 Å². The maximum absolute atomic E-state index is 12.7. The van der Waals surface area contributed by atoms with E-state index < -0.39 is 12.1 Å². The van der Waals surface area contributed by atoms with Gasteiger partial charge in [-0.3, -0.25) is 0 Å². The van der Waals surface area contributed by atoms with E-state index in [2.05, 4.69) is 5.32 Å². The highest BCUT2D eigenvalue weighted by Gasteiger charge is 2.14. The first-order chi connectivity index (χ1) is 12.1. The maximum atomic E-state index is 12.7. The van der Waals surface area contributed by atoms with E-state index in [1.165, 1.54) is 18.4 Å². The predicted molar refractivity (Wildman–Crippen MR) is 94.7 cm³/mol. The fourth-order valence-electron chi connectivity index (χ4n) is 2.83. The molecule has 2 aromatic carbocycles. The first kappa shape index (κ1) is 19.1. The van der Waals surface area contributed by atoms with Crippen molar-refractivity contribution in [2.45, 2.75) is 25.4 Å². The third-order valence-electron chi connectivity index (χ3n) is 4.19. The van der Waals surface area contributed by atoms with Gasteiger partial charge in [-0.05, 0) is 61.5 Å². The van der Waals surface area contributed by atoms with Gasteiger partial charge in [0.15, 0.2) is 6.10 Å². The van der Waals surface area contributed by atoms with Crippen molar-refractivity contribution in [2.24, 2.45) is 5.92 Å². The number of nitrogens with one attached hydrogen (secondary N) is 1. The van der Waals surface area contributed by atoms with Crippen molar-refractivity contribution in [1.82, 2.24) is 5.32 Å². The Hall–Kier alpha value is -2.24. The Morgan fingerprint density at radius 3 is 2.40 bits per heavy atom. The molecule has 3 rings (SSSR count). The lowest BCUT2D eigenvalue weighted by Crippen LogP contribution is -2.30. The van der Waals surface area contributed by atoms with E-state index in [1.54, 1.807) is 42.5 Å². The normalized spacial score (nSPS) is 17.9. The van der Waals surface area contributed by atoms with Crippen LogP contribution in [0.2, 0.25) is 0 Å². The number of aliphatic hydroxyl groups is 1. The number of aliphatic carboxylic acids is 1. The molecule has 1 aliphatic rings. The summed E-state index contributed by atoms with van der Waals surface area (Å²) >= 11 is 0. The van der Waals surface area contributed by atoms with Crippen molar-refractivity contribution in [3.05, 3.63) is 71.5 Å². The number of hydrogen-bond donors (Lipinski definition) is 3. The monoisotopic (exact) mass is 345 g/mol. The second-order valence-electron chi connectivity index (χ2n) is 6.19. The van der Waals surface area contributed by atoms with Crippen molar-refractivity contribution in [3.8, 4) is 0 Å². The Morgan fingerprint density at radius 2 is 1.84 bits per heavy atom. The molecule has 1 fully saturated rings. The Morgan fingerprint density at radius 1 is 1.16 bits per heavy atom. The SMILES string of the molecule is Fc1ccc(C[C@@H]2CCCNC2)cc1.O=C(O)C(O)c1ccccc1. The summed E-state index contributed by atoms with van der Waals surface area (Å²) in [6.45, 7) is 2.26. The summed E-state index contributed by atoms with van der Waals surface area (Å²) in [5.74, 6) is -0.638. The van der Waals surface area contributed by atoms with Gasteiger partial charge in [-0.2, -0.15) is 0 Å². The van der Waals surface area contributed by atoms with E-state index in [1.807, 2.05) is 12.1 Å². The molecule has 0 radical (unpaired) electrons. The molecule has 5 heteroatoms. The van der Waals surface area contributed by atoms with Crippen molar-refractivity contribution in [2.75, 3.05) is 13.1 Å². The number of hydrogen-bond acceptors (Lipinski definition) is 3. The quantitative estimate of drug-likeness (QED) is 0.796. The van der Waals surface area contributed by atoms with Crippen molar-refractivity contribution in [3.63, 3.8) is 0 Å². The first-order valence-corrected chi connectivity index (χ1v) is 8.47. The third-order valence-corrected chi connectivity index (χ3v) is 4.19. The Balaban J connectivity index is 0.000000186. The van der Waals surface area contributed by atoms with Gasteiger partial charge in [0.25, 0.3) is 0 Å². The van der Waals surface area contributed by atoms with Crippen LogP contribution in [0.15, 0.2) is 54.6 Å². The van der Waals surface area contributed by atoms with Crippen LogP contribution in [-0.4, -0.2) is 29.3 Å². The van der Waals surface area contributed by atoms with E-state index >= 15 is 0 Å². The molecular formula is C20H24FNO3. The Kier molecular flexibility index (Phi) is 7.57. The van der Waals surface area contributed by atoms with Gasteiger partial charge in [0.1, 0.15) is 5.82 Å². The van der Waals surface area contributed by atoms with Crippen LogP contribution in [-0.2, 0) is 11.2 Å². The number of rotatable bonds is 4. The summed E-state index contributed by atoms with van der Waals surface area (Å²) in [6, 6.07) is 15.1. The van der Waals surface area contributed by atoms with Crippen molar-refractivity contribution < 1.29 is 19.4 Å². The lowest BCUT2D eigenvalue weighted by atomic mass is 9.92. The van der Waals surface area contributed by atoms with Gasteiger partial charge in [-0.15, -0.1) is 0 Å². The molecule has 1 heterocycles. The number of halogens is 1. The van der Waals surface area contributed by atoms with Crippen LogP contribution >= 0.6 is 0 Å². The zero-order chi connectivity index (χ0) is 18.1. The molecule has 0 amide bonds. The minimum absolute atomic E-state index is 0.143. The summed E-state index contributed by atoms with van der Waals surface area (Å²) in [5.41, 5.74) is 1.65. The van der Waals surface area contributed by atoms with Gasteiger partial charge < -0.3 is 15.5 Å². The molecule has 2 atom stereocenters. The fourth-order valence-corrected chi connectivity index (χ4v) is 2.83. The molecular weight excluding hydrogens is 321 g/mol. The van der Waals surface area contributed by atoms with Crippen LogP contribution in [0, 0.1) is 11.7 Å². The number of carboxylic acid groups (broad SMARTS) is 1. The fraction of sp³-hybridized carbons (Fsp3) is 0.350. The number of piperidine rings is 1. The number of carbonyl (C=O) groups is 1. The second kappa shape index (κ2) is 9.91. The minimum Gasteiger partial charge on any atom is -0.479 e. The third kappa shape index (κ3) is 6.64. The van der Waals surface area contributed by atoms with Gasteiger partial charge in [-0.1, -0.05) is 42.5 Å². The molecule has 0 bridgehead atoms. The van der Waals surface area contributed by atoms with Crippen LogP contribution < -0.4 is 5.32 Å². The summed E-state index contributed by atoms with van der Waals surface area (Å²) < 4.78 is 12.7. The van der Waals surface area contributed by atoms with E-state index in [4.69, 9.17) is 10.2 Å². The summed E-state index contributed by atoms with van der Waals surface area (Å²) in [6.07, 6.45) is 2.24. The van der Waals surface area contributed by atoms with Gasteiger partial charge in [0.05, 0.1) is 0 Å². The zero-order valence-electron chi connectivity index (χ0n) is 14.1. The van der Waals surface area contributed by atoms with E-state index in [9.17, 15) is 9.18 Å². The van der Waals surface area contributed by atoms with Gasteiger partial charge in [-0.25, -0.2) is 9.18 Å². The molecule has 25 heavy (non-hydrogen) atoms. The number of aliphatic hydroxyl groups excluding tert-OH is 1. The molecule has 1 aliphatic heterocycles. The van der Waals surface area contributed by atoms with E-state index in [0.29, 0.717) is 5.56 Å². The molecule has 0 saturated carbocycles. The topological polar surface area (TPSA) is 69.6 Å². The zero-order valence-corrected chi connectivity index (χ0v) is 14.1. The molecule has 4 nitrogen and oxygen atoms in total. The number of carboxylic acids is 1. The lowest BCUT2D eigenvalue weighted by Gasteiger charge is -2.22. The van der Waals surface area contributed by atoms with Crippen molar-refractivity contribution in [1.29, 1.82) is 0 Å². The summed E-state index contributed by atoms with van der Waals surface area (Å²) in [5, 5.41) is 20.8. The molecule has 0 aromatic heterocycles. The van der Waals surface area contributed by atoms with Gasteiger partial charge in [0, 0.05) is 0 Å². The van der Waals surface area contributed by atoms with Gasteiger partial charge in [0.2, 0.25) is 0 Å². The standard InChI is InChI=1S/C12H16FN.C8H8O3/c13-12-5-3-10(4-6-12)8-11-2-1-7-14-9-11;9-7(8(10)11)6-4-2-1-3-5-6/h3-6,11,14H,1-2,7-9H2;1-5,7,9H,(H,10,11)/t11-;/m0./s1. The molecule has 0 aliphatic carbocycles. The number of benzene rings is 2. The summed E-state index contributed by atoms with van der Waals surface area (Å²) in [7, 11) is 0. The van der Waals surface area contributed by atoms with E-state index in [0.717, 1.165) is 25.4 Å². The molecule has 0 spiro atoms. The largest absolute Gasteiger partial charge is 0.479 e. The first-order valence-electron chi connectivity index (χ1n) is 8.47. The minimum atomic E-state index is -1.41. The highest BCUT2D eigenvalue weighted by Crippen LogP contribution is 2.16. The Labute approximate surface area is 147 Å². The van der Waals surface area contributed by atoms with Crippen LogP contribution in [0.5, 0.6) is 0 Å². The molecule has 134 valence electrons. The van der Waals surface area contributed by atoms with E-state index in [-0.39, 0.29) is 5.82 Å². The van der Waals surface area contributed by atoms with Crippen LogP contribution in [0.1, 0.15) is 30.1 Å². The predicted octanol–water partition coefficient (Wildman–Crippen LogP) is 3.17. The molecule has 3 N–H and O–H groups in total. The Bertz CT molecular complexity index is 640.